The molecule has 1 aliphatic heterocycles. The molecule has 86 valence electrons. The van der Waals surface area contributed by atoms with Crippen molar-refractivity contribution in [2.45, 2.75) is 57.1 Å². The van der Waals surface area contributed by atoms with Gasteiger partial charge in [0.1, 0.15) is 0 Å². The molecule has 2 aliphatic carbocycles. The lowest BCUT2D eigenvalue weighted by Gasteiger charge is -2.29. The molecular weight excluding hydrogens is 186 g/mol. The average molecular weight is 209 g/mol. The van der Waals surface area contributed by atoms with E-state index in [9.17, 15) is 0 Å². The van der Waals surface area contributed by atoms with Crippen molar-refractivity contribution in [3.63, 3.8) is 0 Å². The first-order chi connectivity index (χ1) is 7.25. The second kappa shape index (κ2) is 3.74. The molecule has 0 aromatic carbocycles. The lowest BCUT2D eigenvalue weighted by atomic mass is 9.94. The van der Waals surface area contributed by atoms with Gasteiger partial charge in [-0.3, -0.25) is 0 Å². The van der Waals surface area contributed by atoms with Gasteiger partial charge in [0.2, 0.25) is 0 Å². The summed E-state index contributed by atoms with van der Waals surface area (Å²) in [7, 11) is 0. The predicted molar refractivity (Wildman–Crippen MR) is 60.8 cm³/mol. The Morgan fingerprint density at radius 1 is 1.33 bits per heavy atom. The second-order valence-corrected chi connectivity index (χ2v) is 6.06. The molecule has 2 heteroatoms. The Kier molecular flexibility index (Phi) is 2.52. The molecule has 15 heavy (non-hydrogen) atoms. The number of ether oxygens (including phenoxy) is 1. The van der Waals surface area contributed by atoms with Crippen LogP contribution in [0.3, 0.4) is 0 Å². The summed E-state index contributed by atoms with van der Waals surface area (Å²) in [5.74, 6) is 2.03. The maximum atomic E-state index is 5.82. The van der Waals surface area contributed by atoms with Gasteiger partial charge in [0, 0.05) is 19.2 Å². The molecule has 2 saturated carbocycles. The lowest BCUT2D eigenvalue weighted by Crippen LogP contribution is -2.44. The van der Waals surface area contributed by atoms with Gasteiger partial charge in [-0.1, -0.05) is 6.42 Å². The van der Waals surface area contributed by atoms with Gasteiger partial charge in [-0.25, -0.2) is 0 Å². The van der Waals surface area contributed by atoms with Crippen LogP contribution >= 0.6 is 0 Å². The number of rotatable bonds is 3. The minimum absolute atomic E-state index is 0.141. The summed E-state index contributed by atoms with van der Waals surface area (Å²) in [6, 6.07) is 0.810. The maximum absolute atomic E-state index is 5.82. The Hall–Kier alpha value is -0.0800. The maximum Gasteiger partial charge on any atom is 0.0779 e. The predicted octanol–water partition coefficient (Wildman–Crippen LogP) is 2.33. The molecular formula is C13H23NO. The van der Waals surface area contributed by atoms with E-state index in [0.29, 0.717) is 0 Å². The van der Waals surface area contributed by atoms with E-state index >= 15 is 0 Å². The first kappa shape index (κ1) is 10.1. The van der Waals surface area contributed by atoms with E-state index in [1.54, 1.807) is 0 Å². The zero-order chi connectivity index (χ0) is 10.3. The van der Waals surface area contributed by atoms with Gasteiger partial charge >= 0.3 is 0 Å². The Morgan fingerprint density at radius 3 is 2.87 bits per heavy atom. The molecule has 3 rings (SSSR count). The summed E-state index contributed by atoms with van der Waals surface area (Å²) in [5.41, 5.74) is 0.141. The largest absolute Gasteiger partial charge is 0.374 e. The fraction of sp³-hybridized carbons (Fsp3) is 1.00. The normalized spacial score (nSPS) is 49.0. The van der Waals surface area contributed by atoms with Crippen LogP contribution in [-0.4, -0.2) is 24.8 Å². The van der Waals surface area contributed by atoms with E-state index in [1.807, 2.05) is 0 Å². The fourth-order valence-electron chi connectivity index (χ4n) is 3.82. The Balaban J connectivity index is 1.50. The molecule has 4 atom stereocenters. The Bertz CT molecular complexity index is 235. The van der Waals surface area contributed by atoms with E-state index in [1.165, 1.54) is 38.5 Å². The third-order valence-electron chi connectivity index (χ3n) is 4.78. The number of fused-ring (bicyclic) bond motifs is 2. The monoisotopic (exact) mass is 209 g/mol. The third-order valence-corrected chi connectivity index (χ3v) is 4.78. The van der Waals surface area contributed by atoms with Gasteiger partial charge < -0.3 is 10.1 Å². The number of hydrogen-bond donors (Lipinski definition) is 1. The van der Waals surface area contributed by atoms with E-state index in [-0.39, 0.29) is 5.60 Å². The van der Waals surface area contributed by atoms with Crippen molar-refractivity contribution in [3.05, 3.63) is 0 Å². The number of hydrogen-bond acceptors (Lipinski definition) is 2. The SMILES string of the molecule is CC1(CNC2CC3CCC2C3)CCCO1. The highest BCUT2D eigenvalue weighted by Crippen LogP contribution is 2.44. The topological polar surface area (TPSA) is 21.3 Å². The molecule has 2 bridgehead atoms. The molecule has 4 unspecified atom stereocenters. The molecule has 0 aromatic rings. The molecule has 0 spiro atoms. The van der Waals surface area contributed by atoms with Crippen molar-refractivity contribution in [3.8, 4) is 0 Å². The van der Waals surface area contributed by atoms with Crippen molar-refractivity contribution in [2.24, 2.45) is 11.8 Å². The van der Waals surface area contributed by atoms with Crippen molar-refractivity contribution in [1.82, 2.24) is 5.32 Å². The molecule has 0 aromatic heterocycles. The van der Waals surface area contributed by atoms with E-state index in [0.717, 1.165) is 31.0 Å². The molecule has 0 radical (unpaired) electrons. The number of nitrogens with one attached hydrogen (secondary N) is 1. The van der Waals surface area contributed by atoms with Gasteiger partial charge in [-0.15, -0.1) is 0 Å². The quantitative estimate of drug-likeness (QED) is 0.770. The molecule has 3 fully saturated rings. The standard InChI is InChI=1S/C13H23NO/c1-13(5-2-6-15-13)9-14-12-8-10-3-4-11(12)7-10/h10-12,14H,2-9H2,1H3. The highest BCUT2D eigenvalue weighted by molar-refractivity contribution is 4.95. The molecule has 3 aliphatic rings. The van der Waals surface area contributed by atoms with Crippen molar-refractivity contribution in [1.29, 1.82) is 0 Å². The van der Waals surface area contributed by atoms with Crippen LogP contribution in [0.15, 0.2) is 0 Å². The minimum Gasteiger partial charge on any atom is -0.374 e. The Morgan fingerprint density at radius 2 is 2.27 bits per heavy atom. The highest BCUT2D eigenvalue weighted by Gasteiger charge is 2.40. The fourth-order valence-corrected chi connectivity index (χ4v) is 3.82. The zero-order valence-electron chi connectivity index (χ0n) is 9.80. The zero-order valence-corrected chi connectivity index (χ0v) is 9.80. The van der Waals surface area contributed by atoms with Gasteiger partial charge in [0.05, 0.1) is 5.60 Å². The van der Waals surface area contributed by atoms with Crippen LogP contribution in [0.5, 0.6) is 0 Å². The van der Waals surface area contributed by atoms with Gasteiger partial charge in [-0.2, -0.15) is 0 Å². The van der Waals surface area contributed by atoms with Crippen LogP contribution in [0.2, 0.25) is 0 Å². The van der Waals surface area contributed by atoms with Crippen LogP contribution in [-0.2, 0) is 4.74 Å². The van der Waals surface area contributed by atoms with E-state index < -0.39 is 0 Å². The van der Waals surface area contributed by atoms with Crippen LogP contribution < -0.4 is 5.32 Å². The molecule has 1 saturated heterocycles. The summed E-state index contributed by atoms with van der Waals surface area (Å²) in [4.78, 5) is 0. The van der Waals surface area contributed by atoms with Crippen LogP contribution in [0.25, 0.3) is 0 Å². The average Bonchev–Trinajstić information content (AvgIpc) is 2.90. The van der Waals surface area contributed by atoms with Gasteiger partial charge in [0.15, 0.2) is 0 Å². The lowest BCUT2D eigenvalue weighted by molar-refractivity contribution is 0.0173. The van der Waals surface area contributed by atoms with E-state index in [2.05, 4.69) is 12.2 Å². The summed E-state index contributed by atoms with van der Waals surface area (Å²) in [6.07, 6.45) is 8.38. The molecule has 1 N–H and O–H groups in total. The van der Waals surface area contributed by atoms with Gasteiger partial charge in [0.25, 0.3) is 0 Å². The summed E-state index contributed by atoms with van der Waals surface area (Å²) in [6.45, 7) is 4.30. The Labute approximate surface area is 92.8 Å². The van der Waals surface area contributed by atoms with Crippen LogP contribution in [0.4, 0.5) is 0 Å². The smallest absolute Gasteiger partial charge is 0.0779 e. The third kappa shape index (κ3) is 1.94. The highest BCUT2D eigenvalue weighted by atomic mass is 16.5. The van der Waals surface area contributed by atoms with Gasteiger partial charge in [-0.05, 0) is 50.9 Å². The van der Waals surface area contributed by atoms with Crippen molar-refractivity contribution < 1.29 is 4.74 Å². The summed E-state index contributed by atoms with van der Waals surface area (Å²) in [5, 5.41) is 3.77. The second-order valence-electron chi connectivity index (χ2n) is 6.06. The van der Waals surface area contributed by atoms with E-state index in [4.69, 9.17) is 4.74 Å². The first-order valence-electron chi connectivity index (χ1n) is 6.62. The van der Waals surface area contributed by atoms with Crippen molar-refractivity contribution >= 4 is 0 Å². The minimum atomic E-state index is 0.141. The molecule has 1 heterocycles. The molecule has 0 amide bonds. The van der Waals surface area contributed by atoms with Crippen LogP contribution in [0.1, 0.15) is 45.4 Å². The first-order valence-corrected chi connectivity index (χ1v) is 6.62. The van der Waals surface area contributed by atoms with Crippen molar-refractivity contribution in [2.75, 3.05) is 13.2 Å². The summed E-state index contributed by atoms with van der Waals surface area (Å²) < 4.78 is 5.82. The summed E-state index contributed by atoms with van der Waals surface area (Å²) >= 11 is 0. The molecule has 2 nitrogen and oxygen atoms in total. The van der Waals surface area contributed by atoms with Crippen LogP contribution in [0, 0.1) is 11.8 Å².